The number of benzene rings is 1. The summed E-state index contributed by atoms with van der Waals surface area (Å²) in [5.74, 6) is -0.588. The summed E-state index contributed by atoms with van der Waals surface area (Å²) in [6.07, 6.45) is 1.73. The van der Waals surface area contributed by atoms with Gasteiger partial charge in [-0.1, -0.05) is 0 Å². The molecule has 1 aliphatic heterocycles. The number of rotatable bonds is 3. The fraction of sp³-hybridized carbons (Fsp3) is 0.333. The maximum Gasteiger partial charge on any atom is 0.283 e. The number of hydrogen-bond acceptors (Lipinski definition) is 5. The lowest BCUT2D eigenvalue weighted by Crippen LogP contribution is -2.49. The van der Waals surface area contributed by atoms with Crippen molar-refractivity contribution in [2.24, 2.45) is 0 Å². The highest BCUT2D eigenvalue weighted by Crippen LogP contribution is 2.28. The molecule has 1 aromatic rings. The van der Waals surface area contributed by atoms with Crippen molar-refractivity contribution >= 4 is 29.3 Å². The Morgan fingerprint density at radius 1 is 1.50 bits per heavy atom. The van der Waals surface area contributed by atoms with Crippen LogP contribution in [-0.4, -0.2) is 47.5 Å². The van der Waals surface area contributed by atoms with E-state index >= 15 is 0 Å². The van der Waals surface area contributed by atoms with Gasteiger partial charge in [0.15, 0.2) is 0 Å². The van der Waals surface area contributed by atoms with E-state index in [-0.39, 0.29) is 29.6 Å². The second kappa shape index (κ2) is 5.91. The SMILES string of the molecule is CSc1ccc(C(=O)N2CCNC(=O)C2)cc1[N+](=O)[O-]. The molecule has 0 spiro atoms. The van der Waals surface area contributed by atoms with E-state index in [2.05, 4.69) is 5.32 Å². The van der Waals surface area contributed by atoms with E-state index < -0.39 is 4.92 Å². The van der Waals surface area contributed by atoms with Crippen molar-refractivity contribution < 1.29 is 14.5 Å². The fourth-order valence-electron chi connectivity index (χ4n) is 1.96. The number of nitro benzene ring substituents is 1. The monoisotopic (exact) mass is 295 g/mol. The molecule has 0 atom stereocenters. The highest BCUT2D eigenvalue weighted by molar-refractivity contribution is 7.98. The van der Waals surface area contributed by atoms with Crippen molar-refractivity contribution in [3.05, 3.63) is 33.9 Å². The van der Waals surface area contributed by atoms with Gasteiger partial charge in [0, 0.05) is 24.7 Å². The molecule has 0 radical (unpaired) electrons. The summed E-state index contributed by atoms with van der Waals surface area (Å²) in [6, 6.07) is 4.37. The Hall–Kier alpha value is -2.09. The standard InChI is InChI=1S/C12H13N3O4S/c1-20-10-3-2-8(6-9(10)15(18)19)12(17)14-5-4-13-11(16)7-14/h2-3,6H,4-5,7H2,1H3,(H,13,16). The molecule has 1 N–H and O–H groups in total. The summed E-state index contributed by atoms with van der Waals surface area (Å²) >= 11 is 1.25. The number of piperazine rings is 1. The molecule has 8 heteroatoms. The average molecular weight is 295 g/mol. The van der Waals surface area contributed by atoms with Crippen LogP contribution in [0.2, 0.25) is 0 Å². The Kier molecular flexibility index (Phi) is 4.23. The lowest BCUT2D eigenvalue weighted by Gasteiger charge is -2.26. The van der Waals surface area contributed by atoms with Gasteiger partial charge in [-0.2, -0.15) is 0 Å². The summed E-state index contributed by atoms with van der Waals surface area (Å²) in [6.45, 7) is 0.787. The van der Waals surface area contributed by atoms with E-state index in [1.54, 1.807) is 18.4 Å². The molecule has 106 valence electrons. The average Bonchev–Trinajstić information content (AvgIpc) is 2.45. The minimum absolute atomic E-state index is 0.0170. The van der Waals surface area contributed by atoms with Crippen molar-refractivity contribution in [1.82, 2.24) is 10.2 Å². The summed E-state index contributed by atoms with van der Waals surface area (Å²) in [5, 5.41) is 13.6. The largest absolute Gasteiger partial charge is 0.353 e. The first kappa shape index (κ1) is 14.3. The second-order valence-electron chi connectivity index (χ2n) is 4.22. The Morgan fingerprint density at radius 2 is 2.25 bits per heavy atom. The molecule has 1 aliphatic rings. The van der Waals surface area contributed by atoms with Crippen LogP contribution in [0.5, 0.6) is 0 Å². The van der Waals surface area contributed by atoms with Crippen LogP contribution < -0.4 is 5.32 Å². The molecule has 2 rings (SSSR count). The number of carbonyl (C=O) groups is 2. The van der Waals surface area contributed by atoms with Gasteiger partial charge in [-0.25, -0.2) is 0 Å². The van der Waals surface area contributed by atoms with Crippen molar-refractivity contribution in [3.8, 4) is 0 Å². The Morgan fingerprint density at radius 3 is 2.85 bits per heavy atom. The summed E-state index contributed by atoms with van der Waals surface area (Å²) in [7, 11) is 0. The van der Waals surface area contributed by atoms with E-state index in [4.69, 9.17) is 0 Å². The minimum Gasteiger partial charge on any atom is -0.353 e. The number of nitrogens with one attached hydrogen (secondary N) is 1. The van der Waals surface area contributed by atoms with E-state index in [0.29, 0.717) is 18.0 Å². The van der Waals surface area contributed by atoms with Gasteiger partial charge in [-0.15, -0.1) is 11.8 Å². The van der Waals surface area contributed by atoms with Gasteiger partial charge in [0.1, 0.15) is 0 Å². The first-order chi connectivity index (χ1) is 9.52. The van der Waals surface area contributed by atoms with Crippen molar-refractivity contribution in [2.45, 2.75) is 4.90 Å². The quantitative estimate of drug-likeness (QED) is 0.508. The van der Waals surface area contributed by atoms with E-state index in [9.17, 15) is 19.7 Å². The van der Waals surface area contributed by atoms with Gasteiger partial charge in [0.25, 0.3) is 11.6 Å². The van der Waals surface area contributed by atoms with Crippen LogP contribution >= 0.6 is 11.8 Å². The Bertz CT molecular complexity index is 576. The molecule has 0 bridgehead atoms. The fourth-order valence-corrected chi connectivity index (χ4v) is 2.51. The van der Waals surface area contributed by atoms with Crippen LogP contribution in [0, 0.1) is 10.1 Å². The Labute approximate surface area is 119 Å². The molecule has 2 amide bonds. The first-order valence-electron chi connectivity index (χ1n) is 5.91. The van der Waals surface area contributed by atoms with Crippen LogP contribution in [0.1, 0.15) is 10.4 Å². The van der Waals surface area contributed by atoms with E-state index in [1.807, 2.05) is 0 Å². The zero-order valence-corrected chi connectivity index (χ0v) is 11.6. The summed E-state index contributed by atoms with van der Waals surface area (Å²) in [4.78, 5) is 35.9. The number of amides is 2. The van der Waals surface area contributed by atoms with Crippen LogP contribution in [-0.2, 0) is 4.79 Å². The third kappa shape index (κ3) is 2.90. The number of carbonyl (C=O) groups excluding carboxylic acids is 2. The maximum absolute atomic E-state index is 12.2. The molecule has 1 fully saturated rings. The molecule has 0 saturated carbocycles. The number of nitro groups is 1. The van der Waals surface area contributed by atoms with E-state index in [0.717, 1.165) is 0 Å². The van der Waals surface area contributed by atoms with Crippen molar-refractivity contribution in [3.63, 3.8) is 0 Å². The maximum atomic E-state index is 12.2. The molecule has 7 nitrogen and oxygen atoms in total. The van der Waals surface area contributed by atoms with Gasteiger partial charge in [0.05, 0.1) is 16.4 Å². The zero-order valence-electron chi connectivity index (χ0n) is 10.8. The number of hydrogen-bond donors (Lipinski definition) is 1. The lowest BCUT2D eigenvalue weighted by molar-refractivity contribution is -0.387. The lowest BCUT2D eigenvalue weighted by atomic mass is 10.1. The normalized spacial score (nSPS) is 14.8. The van der Waals surface area contributed by atoms with Crippen molar-refractivity contribution in [1.29, 1.82) is 0 Å². The molecule has 20 heavy (non-hydrogen) atoms. The predicted molar refractivity (Wildman–Crippen MR) is 73.8 cm³/mol. The molecule has 0 unspecified atom stereocenters. The van der Waals surface area contributed by atoms with Crippen LogP contribution in [0.15, 0.2) is 23.1 Å². The zero-order chi connectivity index (χ0) is 14.7. The van der Waals surface area contributed by atoms with E-state index in [1.165, 1.54) is 22.7 Å². The predicted octanol–water partition coefficient (Wildman–Crippen LogP) is 0.889. The number of nitrogens with zero attached hydrogens (tertiary/aromatic N) is 2. The minimum atomic E-state index is -0.508. The summed E-state index contributed by atoms with van der Waals surface area (Å²) < 4.78 is 0. The molecular formula is C12H13N3O4S. The molecule has 1 heterocycles. The molecule has 1 saturated heterocycles. The summed E-state index contributed by atoms with van der Waals surface area (Å²) in [5.41, 5.74) is 0.133. The number of thioether (sulfide) groups is 1. The third-order valence-electron chi connectivity index (χ3n) is 2.95. The van der Waals surface area contributed by atoms with Crippen molar-refractivity contribution in [2.75, 3.05) is 25.9 Å². The highest BCUT2D eigenvalue weighted by atomic mass is 32.2. The molecule has 1 aromatic carbocycles. The Balaban J connectivity index is 2.28. The highest BCUT2D eigenvalue weighted by Gasteiger charge is 2.24. The first-order valence-corrected chi connectivity index (χ1v) is 7.14. The molecule has 0 aliphatic carbocycles. The van der Waals surface area contributed by atoms with Crippen LogP contribution in [0.4, 0.5) is 5.69 Å². The van der Waals surface area contributed by atoms with Crippen LogP contribution in [0.25, 0.3) is 0 Å². The topological polar surface area (TPSA) is 92.6 Å². The molecular weight excluding hydrogens is 282 g/mol. The van der Waals surface area contributed by atoms with Crippen LogP contribution in [0.3, 0.4) is 0 Å². The van der Waals surface area contributed by atoms with Gasteiger partial charge in [0.2, 0.25) is 5.91 Å². The van der Waals surface area contributed by atoms with Gasteiger partial charge in [-0.05, 0) is 18.4 Å². The third-order valence-corrected chi connectivity index (χ3v) is 3.73. The van der Waals surface area contributed by atoms with Gasteiger partial charge >= 0.3 is 0 Å². The van der Waals surface area contributed by atoms with Gasteiger partial charge < -0.3 is 10.2 Å². The smallest absolute Gasteiger partial charge is 0.283 e. The molecule has 0 aromatic heterocycles. The van der Waals surface area contributed by atoms with Gasteiger partial charge in [-0.3, -0.25) is 19.7 Å². The second-order valence-corrected chi connectivity index (χ2v) is 5.07.